The molecular weight excluding hydrogens is 164 g/mol. The van der Waals surface area contributed by atoms with Crippen LogP contribution in [0.15, 0.2) is 0 Å². The molecule has 0 aliphatic rings. The fourth-order valence-corrected chi connectivity index (χ4v) is 1.65. The van der Waals surface area contributed by atoms with Gasteiger partial charge in [0.05, 0.1) is 0 Å². The van der Waals surface area contributed by atoms with Gasteiger partial charge in [0.2, 0.25) is 0 Å². The Morgan fingerprint density at radius 3 is 2.15 bits per heavy atom. The number of carboxylic acid groups (broad SMARTS) is 1. The molecule has 0 radical (unpaired) electrons. The highest BCUT2D eigenvalue weighted by molar-refractivity contribution is 5.71. The molecule has 0 aromatic heterocycles. The Labute approximate surface area is 81.3 Å². The second-order valence-electron chi connectivity index (χ2n) is 4.06. The van der Waals surface area contributed by atoms with E-state index in [1.807, 2.05) is 13.8 Å². The molecule has 1 unspecified atom stereocenters. The molecule has 0 N–H and O–H groups in total. The molecule has 0 fully saturated rings. The second-order valence-corrected chi connectivity index (χ2v) is 4.06. The van der Waals surface area contributed by atoms with Crippen molar-refractivity contribution in [1.29, 1.82) is 0 Å². The Balaban J connectivity index is 4.00. The number of carboxylic acids is 1. The van der Waals surface area contributed by atoms with Gasteiger partial charge in [-0.2, -0.15) is 0 Å². The number of carbonyl (C=O) groups is 1. The van der Waals surface area contributed by atoms with E-state index >= 15 is 0 Å². The van der Waals surface area contributed by atoms with Crippen molar-refractivity contribution in [2.24, 2.45) is 5.41 Å². The van der Waals surface area contributed by atoms with Crippen LogP contribution in [0.1, 0.15) is 59.3 Å². The highest BCUT2D eigenvalue weighted by atomic mass is 16.4. The van der Waals surface area contributed by atoms with Crippen LogP contribution in [0.3, 0.4) is 0 Å². The lowest BCUT2D eigenvalue weighted by atomic mass is 9.81. The zero-order valence-corrected chi connectivity index (χ0v) is 9.06. The number of hydrogen-bond donors (Lipinski definition) is 0. The fourth-order valence-electron chi connectivity index (χ4n) is 1.65. The first-order valence-electron chi connectivity index (χ1n) is 5.28. The van der Waals surface area contributed by atoms with Crippen LogP contribution in [0.4, 0.5) is 0 Å². The molecule has 78 valence electrons. The Bertz CT molecular complexity index is 154. The van der Waals surface area contributed by atoms with E-state index in [2.05, 4.69) is 6.92 Å². The van der Waals surface area contributed by atoms with Gasteiger partial charge in [-0.15, -0.1) is 0 Å². The van der Waals surface area contributed by atoms with Gasteiger partial charge in [0, 0.05) is 11.4 Å². The maximum Gasteiger partial charge on any atom is 0.0473 e. The normalized spacial score (nSPS) is 15.3. The van der Waals surface area contributed by atoms with Gasteiger partial charge in [0.1, 0.15) is 0 Å². The number of carbonyl (C=O) groups excluding carboxylic acids is 1. The number of hydrogen-bond acceptors (Lipinski definition) is 2. The van der Waals surface area contributed by atoms with Crippen molar-refractivity contribution < 1.29 is 9.90 Å². The molecule has 0 aromatic rings. The second kappa shape index (κ2) is 6.01. The molecule has 0 spiro atoms. The third kappa shape index (κ3) is 4.30. The van der Waals surface area contributed by atoms with Gasteiger partial charge in [-0.1, -0.05) is 46.5 Å². The molecule has 2 heteroatoms. The summed E-state index contributed by atoms with van der Waals surface area (Å²) >= 11 is 0. The molecule has 0 rings (SSSR count). The summed E-state index contributed by atoms with van der Waals surface area (Å²) in [5.41, 5.74) is -0.593. The standard InChI is InChI=1S/C11H22O2/c1-4-6-7-9-11(3,8-5-2)10(12)13/h4-9H2,1-3H3,(H,12,13)/p-1. The molecule has 0 aromatic carbocycles. The third-order valence-electron chi connectivity index (χ3n) is 2.63. The van der Waals surface area contributed by atoms with E-state index < -0.39 is 11.4 Å². The maximum atomic E-state index is 10.9. The summed E-state index contributed by atoms with van der Waals surface area (Å²) in [7, 11) is 0. The monoisotopic (exact) mass is 185 g/mol. The minimum atomic E-state index is -0.884. The lowest BCUT2D eigenvalue weighted by Crippen LogP contribution is -2.40. The van der Waals surface area contributed by atoms with E-state index in [-0.39, 0.29) is 0 Å². The lowest BCUT2D eigenvalue weighted by Gasteiger charge is -2.30. The van der Waals surface area contributed by atoms with E-state index in [1.54, 1.807) is 0 Å². The summed E-state index contributed by atoms with van der Waals surface area (Å²) in [5.74, 6) is -0.884. The van der Waals surface area contributed by atoms with E-state index in [4.69, 9.17) is 0 Å². The molecule has 0 saturated carbocycles. The molecule has 0 heterocycles. The van der Waals surface area contributed by atoms with E-state index in [0.29, 0.717) is 0 Å². The summed E-state index contributed by atoms with van der Waals surface area (Å²) in [6, 6.07) is 0. The molecule has 0 aliphatic heterocycles. The van der Waals surface area contributed by atoms with Gasteiger partial charge < -0.3 is 9.90 Å². The molecule has 0 amide bonds. The van der Waals surface area contributed by atoms with Crippen LogP contribution >= 0.6 is 0 Å². The zero-order chi connectivity index (χ0) is 10.3. The van der Waals surface area contributed by atoms with Crippen LogP contribution < -0.4 is 5.11 Å². The summed E-state index contributed by atoms with van der Waals surface area (Å²) < 4.78 is 0. The van der Waals surface area contributed by atoms with Crippen molar-refractivity contribution in [1.82, 2.24) is 0 Å². The zero-order valence-electron chi connectivity index (χ0n) is 9.06. The van der Waals surface area contributed by atoms with Gasteiger partial charge in [-0.3, -0.25) is 0 Å². The van der Waals surface area contributed by atoms with E-state index in [0.717, 1.165) is 38.5 Å². The molecule has 2 nitrogen and oxygen atoms in total. The average molecular weight is 185 g/mol. The lowest BCUT2D eigenvalue weighted by molar-refractivity contribution is -0.319. The summed E-state index contributed by atoms with van der Waals surface area (Å²) in [6.07, 6.45) is 5.66. The number of unbranched alkanes of at least 4 members (excludes halogenated alkanes) is 2. The van der Waals surface area contributed by atoms with Gasteiger partial charge in [-0.05, 0) is 12.8 Å². The number of rotatable bonds is 7. The summed E-state index contributed by atoms with van der Waals surface area (Å²) in [5, 5.41) is 10.9. The smallest absolute Gasteiger partial charge is 0.0473 e. The third-order valence-corrected chi connectivity index (χ3v) is 2.63. The van der Waals surface area contributed by atoms with Crippen LogP contribution in [0.5, 0.6) is 0 Å². The topological polar surface area (TPSA) is 40.1 Å². The number of aliphatic carboxylic acids is 1. The molecule has 13 heavy (non-hydrogen) atoms. The largest absolute Gasteiger partial charge is 0.550 e. The predicted molar refractivity (Wildman–Crippen MR) is 52.2 cm³/mol. The van der Waals surface area contributed by atoms with Crippen LogP contribution in [0, 0.1) is 5.41 Å². The Hall–Kier alpha value is -0.530. The minimum Gasteiger partial charge on any atom is -0.550 e. The van der Waals surface area contributed by atoms with Crippen molar-refractivity contribution in [2.45, 2.75) is 59.3 Å². The highest BCUT2D eigenvalue weighted by Crippen LogP contribution is 2.29. The van der Waals surface area contributed by atoms with Gasteiger partial charge in [0.25, 0.3) is 0 Å². The molecule has 1 atom stereocenters. The van der Waals surface area contributed by atoms with Crippen LogP contribution in [0.2, 0.25) is 0 Å². The Kier molecular flexibility index (Phi) is 5.76. The molecule has 0 aliphatic carbocycles. The van der Waals surface area contributed by atoms with Gasteiger partial charge >= 0.3 is 0 Å². The van der Waals surface area contributed by atoms with Crippen molar-refractivity contribution in [2.75, 3.05) is 0 Å². The first-order chi connectivity index (χ1) is 6.06. The predicted octanol–water partition coefficient (Wildman–Crippen LogP) is 2.12. The average Bonchev–Trinajstić information content (AvgIpc) is 2.05. The Morgan fingerprint density at radius 2 is 1.77 bits per heavy atom. The van der Waals surface area contributed by atoms with E-state index in [9.17, 15) is 9.90 Å². The SMILES string of the molecule is CCCCCC(C)(CCC)C(=O)[O-]. The Morgan fingerprint density at radius 1 is 1.15 bits per heavy atom. The molecular formula is C11H21O2-. The van der Waals surface area contributed by atoms with Crippen LogP contribution in [-0.2, 0) is 4.79 Å². The first-order valence-corrected chi connectivity index (χ1v) is 5.28. The van der Waals surface area contributed by atoms with Crippen LogP contribution in [0.25, 0.3) is 0 Å². The van der Waals surface area contributed by atoms with Crippen molar-refractivity contribution in [3.63, 3.8) is 0 Å². The van der Waals surface area contributed by atoms with Crippen molar-refractivity contribution in [3.8, 4) is 0 Å². The first kappa shape index (κ1) is 12.5. The molecule has 0 bridgehead atoms. The minimum absolute atomic E-state index is 0.593. The van der Waals surface area contributed by atoms with Gasteiger partial charge in [-0.25, -0.2) is 0 Å². The summed E-state index contributed by atoms with van der Waals surface area (Å²) in [6.45, 7) is 5.94. The highest BCUT2D eigenvalue weighted by Gasteiger charge is 2.23. The van der Waals surface area contributed by atoms with E-state index in [1.165, 1.54) is 0 Å². The van der Waals surface area contributed by atoms with Crippen LogP contribution in [-0.4, -0.2) is 5.97 Å². The van der Waals surface area contributed by atoms with Crippen molar-refractivity contribution in [3.05, 3.63) is 0 Å². The quantitative estimate of drug-likeness (QED) is 0.570. The van der Waals surface area contributed by atoms with Crippen molar-refractivity contribution >= 4 is 5.97 Å². The maximum absolute atomic E-state index is 10.9. The molecule has 0 saturated heterocycles. The van der Waals surface area contributed by atoms with Gasteiger partial charge in [0.15, 0.2) is 0 Å². The summed E-state index contributed by atoms with van der Waals surface area (Å²) in [4.78, 5) is 10.9. The fraction of sp³-hybridized carbons (Fsp3) is 0.909.